The summed E-state index contributed by atoms with van der Waals surface area (Å²) in [5.74, 6) is -0.949. The standard InChI is InChI=1S/C22H22FN5O5S/c23-21-4-2-1-3-17(21)14-26-15-18(13-24-26)25-22(29)16-9-11-27(12-10-16)34(32,33)20-7-5-19(6-8-20)28(30)31/h1-8,13,15-16H,9-12,14H2,(H,25,29). The van der Waals surface area contributed by atoms with Gasteiger partial charge >= 0.3 is 0 Å². The second kappa shape index (κ2) is 9.69. The summed E-state index contributed by atoms with van der Waals surface area (Å²) in [5, 5.41) is 17.7. The maximum atomic E-state index is 13.8. The lowest BCUT2D eigenvalue weighted by Crippen LogP contribution is -2.41. The zero-order valence-electron chi connectivity index (χ0n) is 18.0. The highest BCUT2D eigenvalue weighted by molar-refractivity contribution is 7.89. The number of nitro groups is 1. The van der Waals surface area contributed by atoms with E-state index >= 15 is 0 Å². The normalized spacial score (nSPS) is 15.2. The molecule has 0 atom stereocenters. The van der Waals surface area contributed by atoms with Gasteiger partial charge in [-0.15, -0.1) is 0 Å². The molecular weight excluding hydrogens is 465 g/mol. The molecule has 0 bridgehead atoms. The van der Waals surface area contributed by atoms with Crippen molar-refractivity contribution in [3.05, 3.63) is 82.4 Å². The summed E-state index contributed by atoms with van der Waals surface area (Å²) in [6.45, 7) is 0.537. The van der Waals surface area contributed by atoms with Crippen LogP contribution in [0.15, 0.2) is 65.8 Å². The molecule has 0 spiro atoms. The fraction of sp³-hybridized carbons (Fsp3) is 0.273. The average Bonchev–Trinajstić information content (AvgIpc) is 3.27. The first kappa shape index (κ1) is 23.5. The predicted octanol–water partition coefficient (Wildman–Crippen LogP) is 3.02. The minimum absolute atomic E-state index is 0.0248. The number of nitrogens with zero attached hydrogens (tertiary/aromatic N) is 4. The van der Waals surface area contributed by atoms with Gasteiger partial charge in [0.25, 0.3) is 5.69 Å². The number of non-ortho nitro benzene ring substituents is 1. The Morgan fingerprint density at radius 2 is 1.82 bits per heavy atom. The number of piperidine rings is 1. The van der Waals surface area contributed by atoms with Crippen molar-refractivity contribution in [2.75, 3.05) is 18.4 Å². The van der Waals surface area contributed by atoms with Gasteiger partial charge in [0.2, 0.25) is 15.9 Å². The molecule has 34 heavy (non-hydrogen) atoms. The van der Waals surface area contributed by atoms with Gasteiger partial charge in [0, 0.05) is 42.9 Å². The lowest BCUT2D eigenvalue weighted by Gasteiger charge is -2.30. The minimum Gasteiger partial charge on any atom is -0.323 e. The van der Waals surface area contributed by atoms with E-state index in [2.05, 4.69) is 10.4 Å². The van der Waals surface area contributed by atoms with E-state index in [9.17, 15) is 27.7 Å². The van der Waals surface area contributed by atoms with Gasteiger partial charge in [-0.3, -0.25) is 19.6 Å². The van der Waals surface area contributed by atoms with E-state index < -0.39 is 14.9 Å². The van der Waals surface area contributed by atoms with Crippen molar-refractivity contribution < 1.29 is 22.5 Å². The lowest BCUT2D eigenvalue weighted by atomic mass is 9.97. The minimum atomic E-state index is -3.81. The summed E-state index contributed by atoms with van der Waals surface area (Å²) in [4.78, 5) is 22.8. The van der Waals surface area contributed by atoms with Crippen molar-refractivity contribution in [2.24, 2.45) is 5.92 Å². The van der Waals surface area contributed by atoms with Gasteiger partial charge in [-0.2, -0.15) is 9.40 Å². The van der Waals surface area contributed by atoms with E-state index in [4.69, 9.17) is 0 Å². The number of hydrogen-bond donors (Lipinski definition) is 1. The summed E-state index contributed by atoms with van der Waals surface area (Å²) in [7, 11) is -3.81. The molecule has 1 N–H and O–H groups in total. The number of amides is 1. The molecule has 178 valence electrons. The first-order valence-electron chi connectivity index (χ1n) is 10.6. The van der Waals surface area contributed by atoms with Gasteiger partial charge in [0.15, 0.2) is 0 Å². The van der Waals surface area contributed by atoms with E-state index in [1.165, 1.54) is 33.4 Å². The number of halogens is 1. The van der Waals surface area contributed by atoms with Crippen LogP contribution in [0.4, 0.5) is 15.8 Å². The van der Waals surface area contributed by atoms with Crippen molar-refractivity contribution in [3.8, 4) is 0 Å². The highest BCUT2D eigenvalue weighted by atomic mass is 32.2. The Bertz CT molecular complexity index is 1300. The van der Waals surface area contributed by atoms with E-state index in [0.29, 0.717) is 24.1 Å². The van der Waals surface area contributed by atoms with E-state index in [1.54, 1.807) is 24.4 Å². The van der Waals surface area contributed by atoms with E-state index in [-0.39, 0.29) is 47.9 Å². The number of carbonyl (C=O) groups is 1. The van der Waals surface area contributed by atoms with Crippen molar-refractivity contribution in [2.45, 2.75) is 24.3 Å². The van der Waals surface area contributed by atoms with Crippen LogP contribution in [0, 0.1) is 21.8 Å². The number of sulfonamides is 1. The van der Waals surface area contributed by atoms with Crippen LogP contribution in [0.1, 0.15) is 18.4 Å². The van der Waals surface area contributed by atoms with Crippen LogP contribution in [0.3, 0.4) is 0 Å². The lowest BCUT2D eigenvalue weighted by molar-refractivity contribution is -0.384. The van der Waals surface area contributed by atoms with Gasteiger partial charge in [0.05, 0.1) is 28.2 Å². The zero-order chi connectivity index (χ0) is 24.3. The summed E-state index contributed by atoms with van der Waals surface area (Å²) >= 11 is 0. The molecule has 1 aliphatic heterocycles. The summed E-state index contributed by atoms with van der Waals surface area (Å²) < 4.78 is 42.3. The van der Waals surface area contributed by atoms with Crippen LogP contribution in [0.5, 0.6) is 0 Å². The molecule has 0 aliphatic carbocycles. The smallest absolute Gasteiger partial charge is 0.269 e. The Labute approximate surface area is 195 Å². The van der Waals surface area contributed by atoms with Gasteiger partial charge in [0.1, 0.15) is 5.82 Å². The van der Waals surface area contributed by atoms with Crippen molar-refractivity contribution in [3.63, 3.8) is 0 Å². The number of anilines is 1. The Morgan fingerprint density at radius 1 is 1.15 bits per heavy atom. The molecule has 0 unspecified atom stereocenters. The molecule has 0 saturated carbocycles. The molecule has 1 saturated heterocycles. The molecule has 3 aromatic rings. The van der Waals surface area contributed by atoms with Gasteiger partial charge in [-0.05, 0) is 31.0 Å². The van der Waals surface area contributed by atoms with Gasteiger partial charge in [-0.1, -0.05) is 18.2 Å². The number of carbonyl (C=O) groups excluding carboxylic acids is 1. The number of benzene rings is 2. The second-order valence-electron chi connectivity index (χ2n) is 7.94. The number of rotatable bonds is 7. The highest BCUT2D eigenvalue weighted by Crippen LogP contribution is 2.26. The summed E-state index contributed by atoms with van der Waals surface area (Å²) in [5.41, 5.74) is 0.763. The monoisotopic (exact) mass is 487 g/mol. The van der Waals surface area contributed by atoms with E-state index in [0.717, 1.165) is 12.1 Å². The molecule has 2 aromatic carbocycles. The molecule has 0 radical (unpaired) electrons. The quantitative estimate of drug-likeness (QED) is 0.403. The maximum absolute atomic E-state index is 13.8. The van der Waals surface area contributed by atoms with Crippen molar-refractivity contribution in [1.82, 2.24) is 14.1 Å². The molecule has 1 fully saturated rings. The van der Waals surface area contributed by atoms with Crippen LogP contribution >= 0.6 is 0 Å². The van der Waals surface area contributed by atoms with Crippen molar-refractivity contribution in [1.29, 1.82) is 0 Å². The fourth-order valence-electron chi connectivity index (χ4n) is 3.81. The molecule has 10 nitrogen and oxygen atoms in total. The Kier molecular flexibility index (Phi) is 6.70. The first-order valence-corrected chi connectivity index (χ1v) is 12.0. The SMILES string of the molecule is O=C(Nc1cnn(Cc2ccccc2F)c1)C1CCN(S(=O)(=O)c2ccc([N+](=O)[O-])cc2)CC1. The number of nitro benzene ring substituents is 1. The Morgan fingerprint density at radius 3 is 2.47 bits per heavy atom. The Hall–Kier alpha value is -3.64. The number of hydrogen-bond acceptors (Lipinski definition) is 6. The van der Waals surface area contributed by atoms with Crippen molar-refractivity contribution >= 4 is 27.3 Å². The van der Waals surface area contributed by atoms with Crippen LogP contribution in [0.25, 0.3) is 0 Å². The predicted molar refractivity (Wildman–Crippen MR) is 121 cm³/mol. The third-order valence-electron chi connectivity index (χ3n) is 5.70. The highest BCUT2D eigenvalue weighted by Gasteiger charge is 2.32. The topological polar surface area (TPSA) is 127 Å². The molecule has 4 rings (SSSR count). The first-order chi connectivity index (χ1) is 16.2. The fourth-order valence-corrected chi connectivity index (χ4v) is 5.28. The third kappa shape index (κ3) is 5.13. The van der Waals surface area contributed by atoms with E-state index in [1.807, 2.05) is 0 Å². The van der Waals surface area contributed by atoms with Crippen LogP contribution in [-0.4, -0.2) is 46.4 Å². The molecule has 1 aromatic heterocycles. The average molecular weight is 488 g/mol. The Balaban J connectivity index is 1.33. The van der Waals surface area contributed by atoms with Crippen LogP contribution in [0.2, 0.25) is 0 Å². The molecule has 1 aliphatic rings. The second-order valence-corrected chi connectivity index (χ2v) is 9.87. The zero-order valence-corrected chi connectivity index (χ0v) is 18.8. The number of aromatic nitrogens is 2. The molecule has 12 heteroatoms. The van der Waals surface area contributed by atoms with Crippen LogP contribution < -0.4 is 5.32 Å². The van der Waals surface area contributed by atoms with Crippen LogP contribution in [-0.2, 0) is 21.4 Å². The summed E-state index contributed by atoms with van der Waals surface area (Å²) in [6.07, 6.45) is 3.76. The number of nitrogens with one attached hydrogen (secondary N) is 1. The van der Waals surface area contributed by atoms with Gasteiger partial charge in [-0.25, -0.2) is 12.8 Å². The molecular formula is C22H22FN5O5S. The largest absolute Gasteiger partial charge is 0.323 e. The summed E-state index contributed by atoms with van der Waals surface area (Å²) in [6, 6.07) is 11.1. The van der Waals surface area contributed by atoms with Gasteiger partial charge < -0.3 is 5.32 Å². The third-order valence-corrected chi connectivity index (χ3v) is 7.61. The maximum Gasteiger partial charge on any atom is 0.269 e. The molecule has 1 amide bonds. The molecule has 2 heterocycles.